The van der Waals surface area contributed by atoms with Crippen LogP contribution in [-0.2, 0) is 4.79 Å². The fourth-order valence-corrected chi connectivity index (χ4v) is 4.97. The molecule has 0 spiro atoms. The Morgan fingerprint density at radius 2 is 2.00 bits per heavy atom. The summed E-state index contributed by atoms with van der Waals surface area (Å²) in [6, 6.07) is 0. The minimum Gasteiger partial charge on any atom is -0.355 e. The Morgan fingerprint density at radius 3 is 2.86 bits per heavy atom. The van der Waals surface area contributed by atoms with Gasteiger partial charge in [-0.3, -0.25) is 4.79 Å². The highest BCUT2D eigenvalue weighted by molar-refractivity contribution is 6.02. The number of nitrogens with zero attached hydrogens (tertiary/aromatic N) is 4. The Morgan fingerprint density at radius 1 is 1.17 bits per heavy atom. The lowest BCUT2D eigenvalue weighted by Gasteiger charge is -2.46. The van der Waals surface area contributed by atoms with Crippen molar-refractivity contribution in [3.63, 3.8) is 0 Å². The maximum atomic E-state index is 12.6. The first kappa shape index (κ1) is 19.1. The molecule has 5 rings (SSSR count). The number of hydrazine groups is 1. The van der Waals surface area contributed by atoms with Crippen molar-refractivity contribution in [3.05, 3.63) is 23.3 Å². The Kier molecular flexibility index (Phi) is 5.56. The van der Waals surface area contributed by atoms with Gasteiger partial charge in [-0.2, -0.15) is 0 Å². The molecular weight excluding hydrogens is 366 g/mol. The van der Waals surface area contributed by atoms with Crippen LogP contribution in [0.25, 0.3) is 0 Å². The van der Waals surface area contributed by atoms with E-state index in [4.69, 9.17) is 4.99 Å². The molecule has 0 aromatic rings. The smallest absolute Gasteiger partial charge is 0.226 e. The minimum atomic E-state index is 0.0886. The van der Waals surface area contributed by atoms with Crippen LogP contribution in [0.2, 0.25) is 0 Å². The normalized spacial score (nSPS) is 25.7. The van der Waals surface area contributed by atoms with Crippen LogP contribution >= 0.6 is 0 Å². The zero-order valence-corrected chi connectivity index (χ0v) is 17.3. The standard InChI is InChI=1S/C21H33N7O/c29-20(23-10-13-26-11-2-1-3-12-26)16-14-27(15-16)21-17-4-7-22-8-5-18(17)25-19-6-9-24-28(19)21/h6,16,22,24H,1-5,7-15H2,(H,23,29). The van der Waals surface area contributed by atoms with Crippen LogP contribution in [0.1, 0.15) is 32.1 Å². The molecule has 3 fully saturated rings. The number of hydrogen-bond acceptors (Lipinski definition) is 7. The summed E-state index contributed by atoms with van der Waals surface area (Å²) in [7, 11) is 0. The van der Waals surface area contributed by atoms with Gasteiger partial charge in [0.15, 0.2) is 0 Å². The van der Waals surface area contributed by atoms with Crippen LogP contribution < -0.4 is 16.1 Å². The summed E-state index contributed by atoms with van der Waals surface area (Å²) in [5.74, 6) is 2.53. The van der Waals surface area contributed by atoms with Crippen molar-refractivity contribution in [1.29, 1.82) is 0 Å². The van der Waals surface area contributed by atoms with Crippen molar-refractivity contribution < 1.29 is 4.79 Å². The first-order valence-corrected chi connectivity index (χ1v) is 11.3. The lowest BCUT2D eigenvalue weighted by Crippen LogP contribution is -2.57. The predicted octanol–water partition coefficient (Wildman–Crippen LogP) is 0.232. The zero-order valence-electron chi connectivity index (χ0n) is 17.3. The monoisotopic (exact) mass is 399 g/mol. The van der Waals surface area contributed by atoms with Gasteiger partial charge in [0, 0.05) is 51.3 Å². The second-order valence-electron chi connectivity index (χ2n) is 8.67. The molecule has 0 radical (unpaired) electrons. The highest BCUT2D eigenvalue weighted by Crippen LogP contribution is 2.34. The maximum Gasteiger partial charge on any atom is 0.226 e. The number of hydrogen-bond donors (Lipinski definition) is 3. The van der Waals surface area contributed by atoms with Crippen molar-refractivity contribution in [3.8, 4) is 0 Å². The lowest BCUT2D eigenvalue weighted by atomic mass is 9.96. The topological polar surface area (TPSA) is 75.2 Å². The summed E-state index contributed by atoms with van der Waals surface area (Å²) >= 11 is 0. The fourth-order valence-electron chi connectivity index (χ4n) is 4.97. The molecule has 0 aliphatic carbocycles. The summed E-state index contributed by atoms with van der Waals surface area (Å²) < 4.78 is 0. The highest BCUT2D eigenvalue weighted by Gasteiger charge is 2.40. The average Bonchev–Trinajstić information content (AvgIpc) is 3.04. The van der Waals surface area contributed by atoms with Gasteiger partial charge in [-0.25, -0.2) is 15.4 Å². The van der Waals surface area contributed by atoms with Crippen molar-refractivity contribution in [1.82, 2.24) is 30.9 Å². The van der Waals surface area contributed by atoms with Gasteiger partial charge in [0.25, 0.3) is 0 Å². The Balaban J connectivity index is 1.18. The second kappa shape index (κ2) is 8.45. The van der Waals surface area contributed by atoms with Gasteiger partial charge >= 0.3 is 0 Å². The number of rotatable bonds is 5. The average molecular weight is 400 g/mol. The summed E-state index contributed by atoms with van der Waals surface area (Å²) in [5.41, 5.74) is 5.99. The Hall–Kier alpha value is -1.90. The van der Waals surface area contributed by atoms with E-state index in [0.29, 0.717) is 0 Å². The number of amides is 1. The quantitative estimate of drug-likeness (QED) is 0.615. The maximum absolute atomic E-state index is 12.6. The van der Waals surface area contributed by atoms with Gasteiger partial charge in [0.1, 0.15) is 11.6 Å². The number of carbonyl (C=O) groups is 1. The molecule has 3 saturated heterocycles. The first-order valence-electron chi connectivity index (χ1n) is 11.3. The van der Waals surface area contributed by atoms with E-state index in [9.17, 15) is 4.79 Å². The SMILES string of the molecule is O=C(NCCN1CCCCC1)C1CN(C2=C3CCNCCC3=NC3=CCNN32)C1. The van der Waals surface area contributed by atoms with Crippen LogP contribution in [-0.4, -0.2) is 85.3 Å². The molecule has 0 aromatic carbocycles. The van der Waals surface area contributed by atoms with Crippen molar-refractivity contribution in [2.45, 2.75) is 32.1 Å². The van der Waals surface area contributed by atoms with E-state index in [-0.39, 0.29) is 11.8 Å². The Labute approximate surface area is 173 Å². The van der Waals surface area contributed by atoms with E-state index in [2.05, 4.69) is 36.9 Å². The summed E-state index contributed by atoms with van der Waals surface area (Å²) in [4.78, 5) is 22.3. The molecule has 0 bridgehead atoms. The molecule has 5 heterocycles. The van der Waals surface area contributed by atoms with Crippen LogP contribution in [0.15, 0.2) is 28.3 Å². The van der Waals surface area contributed by atoms with Crippen LogP contribution in [0.4, 0.5) is 0 Å². The van der Waals surface area contributed by atoms with Gasteiger partial charge in [-0.05, 0) is 45.0 Å². The number of likely N-dealkylation sites (tertiary alicyclic amines) is 2. The molecule has 0 aromatic heterocycles. The van der Waals surface area contributed by atoms with E-state index in [1.807, 2.05) is 0 Å². The van der Waals surface area contributed by atoms with E-state index >= 15 is 0 Å². The van der Waals surface area contributed by atoms with E-state index in [0.717, 1.165) is 64.5 Å². The summed E-state index contributed by atoms with van der Waals surface area (Å²) in [5, 5.41) is 8.79. The zero-order chi connectivity index (χ0) is 19.6. The molecule has 8 heteroatoms. The Bertz CT molecular complexity index is 731. The van der Waals surface area contributed by atoms with Crippen molar-refractivity contribution in [2.75, 3.05) is 58.9 Å². The third-order valence-corrected chi connectivity index (χ3v) is 6.66. The lowest BCUT2D eigenvalue weighted by molar-refractivity contribution is -0.129. The van der Waals surface area contributed by atoms with E-state index in [1.165, 1.54) is 49.5 Å². The van der Waals surface area contributed by atoms with E-state index in [1.54, 1.807) is 0 Å². The van der Waals surface area contributed by atoms with Gasteiger partial charge in [0.2, 0.25) is 5.91 Å². The van der Waals surface area contributed by atoms with Gasteiger partial charge in [-0.15, -0.1) is 0 Å². The van der Waals surface area contributed by atoms with Crippen molar-refractivity contribution in [2.24, 2.45) is 10.9 Å². The van der Waals surface area contributed by atoms with E-state index < -0.39 is 0 Å². The third kappa shape index (κ3) is 3.93. The third-order valence-electron chi connectivity index (χ3n) is 6.66. The molecule has 5 aliphatic rings. The van der Waals surface area contributed by atoms with Crippen LogP contribution in [0.5, 0.6) is 0 Å². The molecular formula is C21H33N7O. The summed E-state index contributed by atoms with van der Waals surface area (Å²) in [6.07, 6.45) is 8.05. The second-order valence-corrected chi connectivity index (χ2v) is 8.67. The molecule has 158 valence electrons. The largest absolute Gasteiger partial charge is 0.355 e. The molecule has 5 aliphatic heterocycles. The van der Waals surface area contributed by atoms with Crippen LogP contribution in [0, 0.1) is 5.92 Å². The molecule has 8 nitrogen and oxygen atoms in total. The summed E-state index contributed by atoms with van der Waals surface area (Å²) in [6.45, 7) is 8.49. The highest BCUT2D eigenvalue weighted by atomic mass is 16.2. The van der Waals surface area contributed by atoms with Crippen LogP contribution in [0.3, 0.4) is 0 Å². The molecule has 0 atom stereocenters. The molecule has 1 amide bonds. The number of fused-ring (bicyclic) bond motifs is 2. The fraction of sp³-hybridized carbons (Fsp3) is 0.714. The number of aliphatic imine (C=N–C) groups is 1. The predicted molar refractivity (Wildman–Crippen MR) is 113 cm³/mol. The number of carbonyl (C=O) groups excluding carboxylic acids is 1. The van der Waals surface area contributed by atoms with Gasteiger partial charge in [0.05, 0.1) is 11.6 Å². The minimum absolute atomic E-state index is 0.0886. The first-order chi connectivity index (χ1) is 14.3. The molecule has 29 heavy (non-hydrogen) atoms. The molecule has 3 N–H and O–H groups in total. The molecule has 0 saturated carbocycles. The number of piperidine rings is 1. The van der Waals surface area contributed by atoms with Crippen molar-refractivity contribution >= 4 is 11.6 Å². The molecule has 0 unspecified atom stereocenters. The van der Waals surface area contributed by atoms with Gasteiger partial charge < -0.3 is 20.4 Å². The number of nitrogens with one attached hydrogen (secondary N) is 3. The van der Waals surface area contributed by atoms with Gasteiger partial charge in [-0.1, -0.05) is 6.42 Å².